The fourth-order valence-corrected chi connectivity index (χ4v) is 4.86. The maximum atomic E-state index is 12.9. The second-order valence-corrected chi connectivity index (χ2v) is 7.92. The van der Waals surface area contributed by atoms with E-state index in [0.717, 1.165) is 0 Å². The van der Waals surface area contributed by atoms with Gasteiger partial charge in [-0.3, -0.25) is 4.79 Å². The number of ether oxygens (including phenoxy) is 2. The summed E-state index contributed by atoms with van der Waals surface area (Å²) in [6, 6.07) is 2.73. The van der Waals surface area contributed by atoms with Gasteiger partial charge < -0.3 is 14.6 Å². The molecule has 1 N–H and O–H groups in total. The van der Waals surface area contributed by atoms with Crippen LogP contribution in [0.2, 0.25) is 5.02 Å². The van der Waals surface area contributed by atoms with E-state index in [2.05, 4.69) is 0 Å². The first kappa shape index (κ1) is 18.8. The summed E-state index contributed by atoms with van der Waals surface area (Å²) in [4.78, 5) is 10.8. The molecular formula is C15H20ClNO6S. The lowest BCUT2D eigenvalue weighted by Crippen LogP contribution is -2.40. The predicted octanol–water partition coefficient (Wildman–Crippen LogP) is 2.23. The molecule has 0 spiro atoms. The Morgan fingerprint density at radius 3 is 2.58 bits per heavy atom. The minimum absolute atomic E-state index is 0.0491. The topological polar surface area (TPSA) is 93.1 Å². The lowest BCUT2D eigenvalue weighted by Gasteiger charge is -2.31. The molecule has 7 nitrogen and oxygen atoms in total. The number of halogens is 1. The Labute approximate surface area is 146 Å². The molecule has 9 heteroatoms. The number of carboxylic acid groups (broad SMARTS) is 1. The van der Waals surface area contributed by atoms with E-state index in [1.807, 2.05) is 0 Å². The third-order valence-corrected chi connectivity index (χ3v) is 6.18. The number of piperidine rings is 1. The number of nitrogens with zero attached hydrogens (tertiary/aromatic N) is 1. The summed E-state index contributed by atoms with van der Waals surface area (Å²) < 4.78 is 37.4. The molecule has 2 rings (SSSR count). The fourth-order valence-electron chi connectivity index (χ4n) is 2.83. The highest BCUT2D eigenvalue weighted by Crippen LogP contribution is 2.37. The molecule has 0 aromatic heterocycles. The number of benzene rings is 1. The van der Waals surface area contributed by atoms with Crippen LogP contribution in [0, 0.1) is 5.92 Å². The first-order valence-corrected chi connectivity index (χ1v) is 9.24. The summed E-state index contributed by atoms with van der Waals surface area (Å²) in [6.45, 7) is 0.507. The van der Waals surface area contributed by atoms with Crippen molar-refractivity contribution in [3.05, 3.63) is 17.2 Å². The van der Waals surface area contributed by atoms with E-state index in [1.54, 1.807) is 0 Å². The van der Waals surface area contributed by atoms with Crippen LogP contribution >= 0.6 is 11.6 Å². The molecule has 1 aliphatic heterocycles. The van der Waals surface area contributed by atoms with E-state index in [0.29, 0.717) is 25.1 Å². The van der Waals surface area contributed by atoms with Crippen molar-refractivity contribution >= 4 is 27.6 Å². The average molecular weight is 378 g/mol. The Bertz CT molecular complexity index is 721. The quantitative estimate of drug-likeness (QED) is 0.817. The van der Waals surface area contributed by atoms with Crippen LogP contribution < -0.4 is 9.47 Å². The molecule has 0 aliphatic carbocycles. The highest BCUT2D eigenvalue weighted by molar-refractivity contribution is 7.89. The van der Waals surface area contributed by atoms with Gasteiger partial charge in [-0.05, 0) is 24.8 Å². The molecular weight excluding hydrogens is 358 g/mol. The highest BCUT2D eigenvalue weighted by Gasteiger charge is 2.33. The number of sulfonamides is 1. The minimum atomic E-state index is -3.85. The molecule has 1 unspecified atom stereocenters. The van der Waals surface area contributed by atoms with Gasteiger partial charge in [0.25, 0.3) is 0 Å². The zero-order valence-electron chi connectivity index (χ0n) is 13.5. The van der Waals surface area contributed by atoms with E-state index in [9.17, 15) is 13.2 Å². The van der Waals surface area contributed by atoms with Crippen LogP contribution in [0.3, 0.4) is 0 Å². The van der Waals surface area contributed by atoms with Crippen LogP contribution in [-0.2, 0) is 14.8 Å². The monoisotopic (exact) mass is 377 g/mol. The molecule has 0 saturated carbocycles. The van der Waals surface area contributed by atoms with Crippen LogP contribution in [0.15, 0.2) is 17.0 Å². The average Bonchev–Trinajstić information content (AvgIpc) is 2.54. The molecule has 1 aromatic rings. The van der Waals surface area contributed by atoms with Crippen molar-refractivity contribution in [2.24, 2.45) is 5.92 Å². The van der Waals surface area contributed by atoms with Crippen molar-refractivity contribution in [2.45, 2.75) is 24.2 Å². The molecule has 1 aromatic carbocycles. The van der Waals surface area contributed by atoms with Gasteiger partial charge in [0.05, 0.1) is 19.2 Å². The van der Waals surface area contributed by atoms with Crippen LogP contribution in [0.4, 0.5) is 0 Å². The number of hydrogen-bond acceptors (Lipinski definition) is 5. The first-order chi connectivity index (χ1) is 11.3. The SMILES string of the molecule is COc1cc(OC)c(S(=O)(=O)N2CCCC(CC(=O)O)C2)cc1Cl. The Kier molecular flexibility index (Phi) is 5.95. The largest absolute Gasteiger partial charge is 0.495 e. The Morgan fingerprint density at radius 1 is 1.33 bits per heavy atom. The second-order valence-electron chi connectivity index (χ2n) is 5.61. The number of rotatable bonds is 6. The molecule has 1 aliphatic rings. The fraction of sp³-hybridized carbons (Fsp3) is 0.533. The maximum Gasteiger partial charge on any atom is 0.303 e. The minimum Gasteiger partial charge on any atom is -0.495 e. The number of methoxy groups -OCH3 is 2. The van der Waals surface area contributed by atoms with Crippen molar-refractivity contribution in [3.63, 3.8) is 0 Å². The van der Waals surface area contributed by atoms with E-state index in [1.165, 1.54) is 30.7 Å². The predicted molar refractivity (Wildman–Crippen MR) is 88.3 cm³/mol. The smallest absolute Gasteiger partial charge is 0.303 e. The van der Waals surface area contributed by atoms with Gasteiger partial charge in [0.2, 0.25) is 10.0 Å². The van der Waals surface area contributed by atoms with Gasteiger partial charge in [-0.15, -0.1) is 0 Å². The van der Waals surface area contributed by atoms with E-state index in [4.69, 9.17) is 26.2 Å². The summed E-state index contributed by atoms with van der Waals surface area (Å²) in [5.74, 6) is -0.679. The number of hydrogen-bond donors (Lipinski definition) is 1. The Morgan fingerprint density at radius 2 is 2.00 bits per heavy atom. The van der Waals surface area contributed by atoms with Crippen LogP contribution in [0.5, 0.6) is 11.5 Å². The molecule has 1 saturated heterocycles. The molecule has 1 atom stereocenters. The summed E-state index contributed by atoms with van der Waals surface area (Å²) in [5.41, 5.74) is 0. The molecule has 134 valence electrons. The summed E-state index contributed by atoms with van der Waals surface area (Å²) in [6.07, 6.45) is 1.26. The molecule has 0 radical (unpaired) electrons. The van der Waals surface area contributed by atoms with Crippen molar-refractivity contribution in [1.82, 2.24) is 4.31 Å². The standard InChI is InChI=1S/C15H20ClNO6S/c1-22-12-8-13(23-2)14(7-11(12)16)24(20,21)17-5-3-4-10(9-17)6-15(18)19/h7-8,10H,3-6,9H2,1-2H3,(H,18,19). The number of carbonyl (C=O) groups is 1. The molecule has 1 heterocycles. The second kappa shape index (κ2) is 7.58. The summed E-state index contributed by atoms with van der Waals surface area (Å²) in [7, 11) is -1.05. The Hall–Kier alpha value is -1.51. The zero-order valence-corrected chi connectivity index (χ0v) is 15.1. The van der Waals surface area contributed by atoms with Gasteiger partial charge in [0.1, 0.15) is 16.4 Å². The van der Waals surface area contributed by atoms with E-state index < -0.39 is 16.0 Å². The van der Waals surface area contributed by atoms with Gasteiger partial charge in [-0.2, -0.15) is 4.31 Å². The number of aliphatic carboxylic acids is 1. The first-order valence-electron chi connectivity index (χ1n) is 7.43. The Balaban J connectivity index is 2.36. The molecule has 0 amide bonds. The number of carboxylic acids is 1. The maximum absolute atomic E-state index is 12.9. The zero-order chi connectivity index (χ0) is 17.9. The highest BCUT2D eigenvalue weighted by atomic mass is 35.5. The van der Waals surface area contributed by atoms with Crippen LogP contribution in [0.1, 0.15) is 19.3 Å². The van der Waals surface area contributed by atoms with Gasteiger partial charge in [-0.25, -0.2) is 8.42 Å². The van der Waals surface area contributed by atoms with Crippen molar-refractivity contribution in [3.8, 4) is 11.5 Å². The normalized spacial score (nSPS) is 19.0. The third-order valence-electron chi connectivity index (χ3n) is 4.00. The van der Waals surface area contributed by atoms with Gasteiger partial charge in [0, 0.05) is 25.6 Å². The summed E-state index contributed by atoms with van der Waals surface area (Å²) >= 11 is 6.06. The molecule has 1 fully saturated rings. The lowest BCUT2D eigenvalue weighted by molar-refractivity contribution is -0.138. The van der Waals surface area contributed by atoms with Gasteiger partial charge >= 0.3 is 5.97 Å². The van der Waals surface area contributed by atoms with Crippen molar-refractivity contribution in [2.75, 3.05) is 27.3 Å². The van der Waals surface area contributed by atoms with Gasteiger partial charge in [0.15, 0.2) is 0 Å². The third kappa shape index (κ3) is 3.93. The van der Waals surface area contributed by atoms with E-state index >= 15 is 0 Å². The van der Waals surface area contributed by atoms with Crippen molar-refractivity contribution < 1.29 is 27.8 Å². The lowest BCUT2D eigenvalue weighted by atomic mass is 9.96. The molecule has 0 bridgehead atoms. The van der Waals surface area contributed by atoms with E-state index in [-0.39, 0.29) is 34.6 Å². The van der Waals surface area contributed by atoms with Crippen molar-refractivity contribution in [1.29, 1.82) is 0 Å². The van der Waals surface area contributed by atoms with Gasteiger partial charge in [-0.1, -0.05) is 11.6 Å². The molecule has 24 heavy (non-hydrogen) atoms. The summed E-state index contributed by atoms with van der Waals surface area (Å²) in [5, 5.41) is 9.09. The van der Waals surface area contributed by atoms with Crippen LogP contribution in [0.25, 0.3) is 0 Å². The van der Waals surface area contributed by atoms with Crippen LogP contribution in [-0.4, -0.2) is 51.1 Å².